The first-order valence-electron chi connectivity index (χ1n) is 6.08. The monoisotopic (exact) mass is 234 g/mol. The summed E-state index contributed by atoms with van der Waals surface area (Å²) >= 11 is 0. The highest BCUT2D eigenvalue weighted by Gasteiger charge is 2.10. The molecule has 0 aliphatic heterocycles. The van der Waals surface area contributed by atoms with Gasteiger partial charge in [0.25, 0.3) is 0 Å². The van der Waals surface area contributed by atoms with Gasteiger partial charge in [-0.15, -0.1) is 0 Å². The molecule has 0 saturated carbocycles. The van der Waals surface area contributed by atoms with Gasteiger partial charge in [-0.3, -0.25) is 4.79 Å². The Morgan fingerprint density at radius 3 is 2.59 bits per heavy atom. The normalized spacial score (nSPS) is 14.1. The fraction of sp³-hybridized carbons (Fsp3) is 0.500. The molecule has 0 radical (unpaired) electrons. The fourth-order valence-corrected chi connectivity index (χ4v) is 1.85. The lowest BCUT2D eigenvalue weighted by Gasteiger charge is -2.16. The van der Waals surface area contributed by atoms with Crippen LogP contribution in [-0.2, 0) is 11.2 Å². The molecule has 0 aliphatic carbocycles. The van der Waals surface area contributed by atoms with Crippen molar-refractivity contribution >= 4 is 5.91 Å². The van der Waals surface area contributed by atoms with Crippen LogP contribution in [0.5, 0.6) is 0 Å². The molecule has 1 aromatic carbocycles. The summed E-state index contributed by atoms with van der Waals surface area (Å²) < 4.78 is 0. The highest BCUT2D eigenvalue weighted by molar-refractivity contribution is 5.76. The minimum absolute atomic E-state index is 0.0288. The van der Waals surface area contributed by atoms with Crippen LogP contribution >= 0.6 is 0 Å². The second kappa shape index (κ2) is 6.40. The van der Waals surface area contributed by atoms with Gasteiger partial charge in [0.2, 0.25) is 5.91 Å². The maximum atomic E-state index is 11.5. The van der Waals surface area contributed by atoms with E-state index in [2.05, 4.69) is 24.4 Å². The highest BCUT2D eigenvalue weighted by Crippen LogP contribution is 2.09. The molecule has 2 atom stereocenters. The Bertz CT molecular complexity index is 374. The summed E-state index contributed by atoms with van der Waals surface area (Å²) in [5.41, 5.74) is 8.13. The summed E-state index contributed by atoms with van der Waals surface area (Å²) in [6.07, 6.45) is 1.25. The largest absolute Gasteiger partial charge is 0.353 e. The second-order valence-corrected chi connectivity index (χ2v) is 4.78. The van der Waals surface area contributed by atoms with Gasteiger partial charge in [-0.05, 0) is 38.3 Å². The standard InChI is InChI=1S/C14H22N2O/c1-10-6-4-5-7-13(10)9-12(3)16-14(17)8-11(2)15/h4-7,11-12H,8-9,15H2,1-3H3,(H,16,17). The number of benzene rings is 1. The van der Waals surface area contributed by atoms with E-state index >= 15 is 0 Å². The molecule has 0 heterocycles. The van der Waals surface area contributed by atoms with Crippen LogP contribution in [0.1, 0.15) is 31.4 Å². The maximum absolute atomic E-state index is 11.5. The molecule has 3 N–H and O–H groups in total. The van der Waals surface area contributed by atoms with Gasteiger partial charge in [0.05, 0.1) is 0 Å². The molecule has 0 bridgehead atoms. The number of amides is 1. The van der Waals surface area contributed by atoms with Crippen molar-refractivity contribution < 1.29 is 4.79 Å². The lowest BCUT2D eigenvalue weighted by molar-refractivity contribution is -0.121. The first-order chi connectivity index (χ1) is 7.99. The number of rotatable bonds is 5. The lowest BCUT2D eigenvalue weighted by atomic mass is 10.0. The Balaban J connectivity index is 2.47. The zero-order valence-corrected chi connectivity index (χ0v) is 10.9. The van der Waals surface area contributed by atoms with Crippen molar-refractivity contribution in [3.8, 4) is 0 Å². The number of nitrogens with one attached hydrogen (secondary N) is 1. The van der Waals surface area contributed by atoms with Crippen LogP contribution in [0.3, 0.4) is 0 Å². The summed E-state index contributed by atoms with van der Waals surface area (Å²) in [4.78, 5) is 11.5. The Morgan fingerprint density at radius 2 is 2.00 bits per heavy atom. The molecule has 0 saturated heterocycles. The average Bonchev–Trinajstić information content (AvgIpc) is 2.19. The van der Waals surface area contributed by atoms with Gasteiger partial charge in [-0.25, -0.2) is 0 Å². The molecular weight excluding hydrogens is 212 g/mol. The number of hydrogen-bond acceptors (Lipinski definition) is 2. The summed E-state index contributed by atoms with van der Waals surface area (Å²) in [6, 6.07) is 8.30. The van der Waals surface area contributed by atoms with Crippen molar-refractivity contribution in [3.63, 3.8) is 0 Å². The lowest BCUT2D eigenvalue weighted by Crippen LogP contribution is -2.37. The van der Waals surface area contributed by atoms with Crippen molar-refractivity contribution in [3.05, 3.63) is 35.4 Å². The molecule has 2 unspecified atom stereocenters. The van der Waals surface area contributed by atoms with E-state index in [0.717, 1.165) is 6.42 Å². The molecule has 3 nitrogen and oxygen atoms in total. The van der Waals surface area contributed by atoms with E-state index in [1.165, 1.54) is 11.1 Å². The SMILES string of the molecule is Cc1ccccc1CC(C)NC(=O)CC(C)N. The predicted molar refractivity (Wildman–Crippen MR) is 70.8 cm³/mol. The van der Waals surface area contributed by atoms with Gasteiger partial charge in [-0.2, -0.15) is 0 Å². The second-order valence-electron chi connectivity index (χ2n) is 4.78. The maximum Gasteiger partial charge on any atom is 0.221 e. The summed E-state index contributed by atoms with van der Waals surface area (Å²) in [7, 11) is 0. The number of carbonyl (C=O) groups is 1. The predicted octanol–water partition coefficient (Wildman–Crippen LogP) is 1.78. The highest BCUT2D eigenvalue weighted by atomic mass is 16.1. The first-order valence-corrected chi connectivity index (χ1v) is 6.08. The molecular formula is C14H22N2O. The van der Waals surface area contributed by atoms with Crippen LogP contribution in [0, 0.1) is 6.92 Å². The van der Waals surface area contributed by atoms with E-state index in [1.807, 2.05) is 26.0 Å². The van der Waals surface area contributed by atoms with E-state index in [1.54, 1.807) is 0 Å². The molecule has 0 fully saturated rings. The van der Waals surface area contributed by atoms with Crippen molar-refractivity contribution in [1.29, 1.82) is 0 Å². The van der Waals surface area contributed by atoms with Crippen molar-refractivity contribution in [1.82, 2.24) is 5.32 Å². The molecule has 1 aromatic rings. The van der Waals surface area contributed by atoms with Gasteiger partial charge in [0.15, 0.2) is 0 Å². The third-order valence-corrected chi connectivity index (χ3v) is 2.70. The number of aryl methyl sites for hydroxylation is 1. The molecule has 1 rings (SSSR count). The summed E-state index contributed by atoms with van der Waals surface area (Å²) in [6.45, 7) is 5.95. The van der Waals surface area contributed by atoms with Crippen LogP contribution in [0.4, 0.5) is 0 Å². The van der Waals surface area contributed by atoms with Gasteiger partial charge in [0, 0.05) is 18.5 Å². The third kappa shape index (κ3) is 5.00. The van der Waals surface area contributed by atoms with Gasteiger partial charge in [-0.1, -0.05) is 24.3 Å². The third-order valence-electron chi connectivity index (χ3n) is 2.70. The molecule has 94 valence electrons. The van der Waals surface area contributed by atoms with E-state index in [-0.39, 0.29) is 18.0 Å². The average molecular weight is 234 g/mol. The van der Waals surface area contributed by atoms with Gasteiger partial charge in [0.1, 0.15) is 0 Å². The van der Waals surface area contributed by atoms with E-state index in [0.29, 0.717) is 6.42 Å². The first kappa shape index (κ1) is 13.7. The van der Waals surface area contributed by atoms with E-state index in [4.69, 9.17) is 5.73 Å². The minimum Gasteiger partial charge on any atom is -0.353 e. The van der Waals surface area contributed by atoms with Crippen LogP contribution < -0.4 is 11.1 Å². The Morgan fingerprint density at radius 1 is 1.35 bits per heavy atom. The number of nitrogens with two attached hydrogens (primary N) is 1. The van der Waals surface area contributed by atoms with Crippen molar-refractivity contribution in [2.45, 2.75) is 45.7 Å². The molecule has 0 spiro atoms. The van der Waals surface area contributed by atoms with Gasteiger partial charge < -0.3 is 11.1 Å². The topological polar surface area (TPSA) is 55.1 Å². The zero-order chi connectivity index (χ0) is 12.8. The zero-order valence-electron chi connectivity index (χ0n) is 10.9. The quantitative estimate of drug-likeness (QED) is 0.816. The summed E-state index contributed by atoms with van der Waals surface area (Å²) in [5.74, 6) is 0.0288. The number of hydrogen-bond donors (Lipinski definition) is 2. The fourth-order valence-electron chi connectivity index (χ4n) is 1.85. The van der Waals surface area contributed by atoms with Crippen LogP contribution in [0.15, 0.2) is 24.3 Å². The molecule has 3 heteroatoms. The number of carbonyl (C=O) groups excluding carboxylic acids is 1. The van der Waals surface area contributed by atoms with Crippen molar-refractivity contribution in [2.24, 2.45) is 5.73 Å². The van der Waals surface area contributed by atoms with E-state index < -0.39 is 0 Å². The van der Waals surface area contributed by atoms with Crippen molar-refractivity contribution in [2.75, 3.05) is 0 Å². The minimum atomic E-state index is -0.0827. The molecule has 0 aliphatic rings. The van der Waals surface area contributed by atoms with Gasteiger partial charge >= 0.3 is 0 Å². The molecule has 1 amide bonds. The van der Waals surface area contributed by atoms with Crippen LogP contribution in [0.2, 0.25) is 0 Å². The Labute approximate surface area is 103 Å². The summed E-state index contributed by atoms with van der Waals surface area (Å²) in [5, 5.41) is 2.97. The molecule has 17 heavy (non-hydrogen) atoms. The molecule has 0 aromatic heterocycles. The van der Waals surface area contributed by atoms with Crippen LogP contribution in [0.25, 0.3) is 0 Å². The Kier molecular flexibility index (Phi) is 5.16. The smallest absolute Gasteiger partial charge is 0.221 e. The van der Waals surface area contributed by atoms with E-state index in [9.17, 15) is 4.79 Å². The van der Waals surface area contributed by atoms with Crippen LogP contribution in [-0.4, -0.2) is 18.0 Å². The Hall–Kier alpha value is -1.35.